The molecule has 4 nitrogen and oxygen atoms in total. The maximum atomic E-state index is 12.7. The Labute approximate surface area is 135 Å². The minimum Gasteiger partial charge on any atom is -0.478 e. The highest BCUT2D eigenvalue weighted by molar-refractivity contribution is 7.16. The van der Waals surface area contributed by atoms with Gasteiger partial charge in [0.25, 0.3) is 12.3 Å². The summed E-state index contributed by atoms with van der Waals surface area (Å²) in [7, 11) is 0. The van der Waals surface area contributed by atoms with Crippen LogP contribution in [0, 0.1) is 6.92 Å². The first-order valence-corrected chi connectivity index (χ1v) is 7.71. The number of carbonyl (C=O) groups excluding carboxylic acids is 1. The molecule has 1 aromatic carbocycles. The third-order valence-corrected chi connectivity index (χ3v) is 4.47. The number of halogens is 2. The van der Waals surface area contributed by atoms with Crippen LogP contribution in [0.2, 0.25) is 0 Å². The lowest BCUT2D eigenvalue weighted by molar-refractivity contribution is 0.0697. The fourth-order valence-electron chi connectivity index (χ4n) is 2.31. The van der Waals surface area contributed by atoms with Gasteiger partial charge in [0.15, 0.2) is 0 Å². The van der Waals surface area contributed by atoms with Crippen LogP contribution in [-0.4, -0.2) is 17.0 Å². The van der Waals surface area contributed by atoms with Gasteiger partial charge in [0.05, 0.1) is 5.56 Å². The highest BCUT2D eigenvalue weighted by Gasteiger charge is 2.22. The van der Waals surface area contributed by atoms with E-state index in [0.29, 0.717) is 12.0 Å². The molecule has 0 aliphatic carbocycles. The topological polar surface area (TPSA) is 66.4 Å². The number of carboxylic acids is 1. The number of amides is 1. The molecule has 1 aromatic heterocycles. The number of carboxylic acid groups (broad SMARTS) is 1. The molecule has 0 atom stereocenters. The lowest BCUT2D eigenvalue weighted by Crippen LogP contribution is -2.14. The van der Waals surface area contributed by atoms with Gasteiger partial charge in [-0.2, -0.15) is 0 Å². The number of aromatic carboxylic acids is 1. The summed E-state index contributed by atoms with van der Waals surface area (Å²) in [4.78, 5) is 24.5. The summed E-state index contributed by atoms with van der Waals surface area (Å²) in [6.07, 6.45) is -2.14. The van der Waals surface area contributed by atoms with Gasteiger partial charge in [-0.25, -0.2) is 13.6 Å². The maximum absolute atomic E-state index is 12.7. The van der Waals surface area contributed by atoms with Crippen LogP contribution < -0.4 is 5.32 Å². The van der Waals surface area contributed by atoms with E-state index in [1.807, 2.05) is 6.92 Å². The molecule has 7 heteroatoms. The van der Waals surface area contributed by atoms with E-state index >= 15 is 0 Å². The van der Waals surface area contributed by atoms with Crippen LogP contribution in [0.3, 0.4) is 0 Å². The van der Waals surface area contributed by atoms with Gasteiger partial charge in [-0.05, 0) is 31.0 Å². The van der Waals surface area contributed by atoms with E-state index in [0.717, 1.165) is 10.9 Å². The Hall–Kier alpha value is -2.28. The van der Waals surface area contributed by atoms with E-state index in [9.17, 15) is 23.5 Å². The zero-order valence-corrected chi connectivity index (χ0v) is 13.3. The third-order valence-electron chi connectivity index (χ3n) is 3.40. The highest BCUT2D eigenvalue weighted by atomic mass is 32.1. The largest absolute Gasteiger partial charge is 0.478 e. The Kier molecular flexibility index (Phi) is 5.10. The number of nitrogens with one attached hydrogen (secondary N) is 1. The Morgan fingerprint density at radius 2 is 2.04 bits per heavy atom. The van der Waals surface area contributed by atoms with Crippen molar-refractivity contribution in [3.63, 3.8) is 0 Å². The number of alkyl halides is 2. The SMILES string of the molecule is CCc1c(C)sc(NC(=O)c2cccc(C(F)F)c2)c1C(=O)O. The summed E-state index contributed by atoms with van der Waals surface area (Å²) >= 11 is 1.17. The van der Waals surface area contributed by atoms with Crippen molar-refractivity contribution in [1.29, 1.82) is 0 Å². The second-order valence-electron chi connectivity index (χ2n) is 4.88. The standard InChI is InChI=1S/C16H15F2NO3S/c1-3-11-8(2)23-15(12(11)16(21)22)19-14(20)10-6-4-5-9(7-10)13(17)18/h4-7,13H,3H2,1-2H3,(H,19,20)(H,21,22). The number of hydrogen-bond donors (Lipinski definition) is 2. The van der Waals surface area contributed by atoms with E-state index in [-0.39, 0.29) is 21.7 Å². The number of anilines is 1. The molecule has 2 aromatic rings. The quantitative estimate of drug-likeness (QED) is 0.842. The van der Waals surface area contributed by atoms with Crippen LogP contribution in [0.4, 0.5) is 13.8 Å². The maximum Gasteiger partial charge on any atom is 0.339 e. The van der Waals surface area contributed by atoms with Gasteiger partial charge in [-0.1, -0.05) is 19.1 Å². The van der Waals surface area contributed by atoms with Crippen molar-refractivity contribution in [2.45, 2.75) is 26.7 Å². The molecule has 2 N–H and O–H groups in total. The molecule has 0 aliphatic rings. The number of benzene rings is 1. The van der Waals surface area contributed by atoms with E-state index in [1.165, 1.54) is 29.5 Å². The Balaban J connectivity index is 2.34. The van der Waals surface area contributed by atoms with Gasteiger partial charge in [0.2, 0.25) is 0 Å². The third kappa shape index (κ3) is 3.56. The van der Waals surface area contributed by atoms with Gasteiger partial charge in [-0.15, -0.1) is 11.3 Å². The van der Waals surface area contributed by atoms with Crippen molar-refractivity contribution in [2.75, 3.05) is 5.32 Å². The fourth-order valence-corrected chi connectivity index (χ4v) is 3.44. The molecule has 0 bridgehead atoms. The van der Waals surface area contributed by atoms with E-state index in [4.69, 9.17) is 0 Å². The predicted molar refractivity (Wildman–Crippen MR) is 84.7 cm³/mol. The van der Waals surface area contributed by atoms with Crippen LogP contribution in [0.15, 0.2) is 24.3 Å². The lowest BCUT2D eigenvalue weighted by atomic mass is 10.1. The molecule has 0 spiro atoms. The van der Waals surface area contributed by atoms with Crippen molar-refractivity contribution in [1.82, 2.24) is 0 Å². The molecule has 0 unspecified atom stereocenters. The molecular formula is C16H15F2NO3S. The Morgan fingerprint density at radius 3 is 2.61 bits per heavy atom. The molecule has 0 saturated carbocycles. The summed E-state index contributed by atoms with van der Waals surface area (Å²) in [6.45, 7) is 3.61. The Bertz CT molecular complexity index is 756. The monoisotopic (exact) mass is 339 g/mol. The minimum absolute atomic E-state index is 0.0586. The molecule has 1 amide bonds. The van der Waals surface area contributed by atoms with Gasteiger partial charge in [0.1, 0.15) is 5.00 Å². The van der Waals surface area contributed by atoms with Crippen LogP contribution in [0.1, 0.15) is 50.1 Å². The number of thiophene rings is 1. The Morgan fingerprint density at radius 1 is 1.35 bits per heavy atom. The van der Waals surface area contributed by atoms with Crippen molar-refractivity contribution in [2.24, 2.45) is 0 Å². The first-order chi connectivity index (χ1) is 10.8. The summed E-state index contributed by atoms with van der Waals surface area (Å²) in [5.41, 5.74) is 0.531. The zero-order chi connectivity index (χ0) is 17.1. The average Bonchev–Trinajstić information content (AvgIpc) is 2.82. The molecule has 1 heterocycles. The van der Waals surface area contributed by atoms with Crippen molar-refractivity contribution in [3.05, 3.63) is 51.4 Å². The minimum atomic E-state index is -2.67. The summed E-state index contributed by atoms with van der Waals surface area (Å²) in [6, 6.07) is 5.10. The van der Waals surface area contributed by atoms with Crippen molar-refractivity contribution < 1.29 is 23.5 Å². The van der Waals surface area contributed by atoms with Gasteiger partial charge in [0, 0.05) is 16.0 Å². The van der Waals surface area contributed by atoms with Crippen LogP contribution in [0.25, 0.3) is 0 Å². The van der Waals surface area contributed by atoms with Gasteiger partial charge >= 0.3 is 5.97 Å². The molecule has 0 aliphatic heterocycles. The zero-order valence-electron chi connectivity index (χ0n) is 12.5. The van der Waals surface area contributed by atoms with Crippen molar-refractivity contribution >= 4 is 28.2 Å². The summed E-state index contributed by atoms with van der Waals surface area (Å²) in [5, 5.41) is 12.1. The van der Waals surface area contributed by atoms with E-state index in [1.54, 1.807) is 6.92 Å². The number of rotatable bonds is 5. The lowest BCUT2D eigenvalue weighted by Gasteiger charge is -2.07. The predicted octanol–water partition coefficient (Wildman–Crippen LogP) is 4.51. The first-order valence-electron chi connectivity index (χ1n) is 6.90. The number of aryl methyl sites for hydroxylation is 1. The molecule has 122 valence electrons. The summed E-state index contributed by atoms with van der Waals surface area (Å²) in [5.74, 6) is -1.73. The smallest absolute Gasteiger partial charge is 0.339 e. The second kappa shape index (κ2) is 6.87. The number of hydrogen-bond acceptors (Lipinski definition) is 3. The van der Waals surface area contributed by atoms with Crippen LogP contribution in [0.5, 0.6) is 0 Å². The first kappa shape index (κ1) is 17.1. The normalized spacial score (nSPS) is 10.8. The molecule has 2 rings (SSSR count). The molecular weight excluding hydrogens is 324 g/mol. The van der Waals surface area contributed by atoms with Crippen molar-refractivity contribution in [3.8, 4) is 0 Å². The fraction of sp³-hybridized carbons (Fsp3) is 0.250. The van der Waals surface area contributed by atoms with E-state index < -0.39 is 18.3 Å². The van der Waals surface area contributed by atoms with Crippen LogP contribution >= 0.6 is 11.3 Å². The molecule has 0 saturated heterocycles. The second-order valence-corrected chi connectivity index (χ2v) is 6.10. The highest BCUT2D eigenvalue weighted by Crippen LogP contribution is 2.33. The van der Waals surface area contributed by atoms with Gasteiger partial charge < -0.3 is 10.4 Å². The molecule has 23 heavy (non-hydrogen) atoms. The summed E-state index contributed by atoms with van der Waals surface area (Å²) < 4.78 is 25.4. The number of carbonyl (C=O) groups is 2. The van der Waals surface area contributed by atoms with Crippen LogP contribution in [-0.2, 0) is 6.42 Å². The molecule has 0 radical (unpaired) electrons. The molecule has 0 fully saturated rings. The average molecular weight is 339 g/mol. The van der Waals surface area contributed by atoms with Gasteiger partial charge in [-0.3, -0.25) is 4.79 Å². The van der Waals surface area contributed by atoms with E-state index in [2.05, 4.69) is 5.32 Å².